The fourth-order valence-corrected chi connectivity index (χ4v) is 11.2. The summed E-state index contributed by atoms with van der Waals surface area (Å²) in [4.78, 5) is 24.6. The molecule has 2 unspecified atom stereocenters. The van der Waals surface area contributed by atoms with Crippen molar-refractivity contribution in [3.8, 4) is 0 Å². The number of hydrogen-bond acceptors (Lipinski definition) is 5. The van der Waals surface area contributed by atoms with Crippen LogP contribution in [-0.2, 0) is 14.3 Å². The highest BCUT2D eigenvalue weighted by Gasteiger charge is 2.18. The number of esters is 1. The molecule has 0 bridgehead atoms. The second-order valence-corrected chi connectivity index (χ2v) is 24.2. The third-order valence-electron chi connectivity index (χ3n) is 16.6. The topological polar surface area (TPSA) is 95.9 Å². The Balaban J connectivity index is 3.41. The molecule has 0 aliphatic carbocycles. The van der Waals surface area contributed by atoms with Crippen molar-refractivity contribution in [1.82, 2.24) is 5.32 Å². The van der Waals surface area contributed by atoms with Crippen LogP contribution in [0.2, 0.25) is 0 Å². The van der Waals surface area contributed by atoms with Gasteiger partial charge in [-0.25, -0.2) is 0 Å². The molecule has 0 rings (SSSR count). The van der Waals surface area contributed by atoms with E-state index >= 15 is 0 Å². The van der Waals surface area contributed by atoms with E-state index in [1.54, 1.807) is 6.08 Å². The normalized spacial score (nSPS) is 12.5. The number of allylic oxidation sites excluding steroid dienone is 1. The average Bonchev–Trinajstić information content (AvgIpc) is 3.42. The lowest BCUT2D eigenvalue weighted by molar-refractivity contribution is -0.143. The van der Waals surface area contributed by atoms with Crippen LogP contribution in [0.5, 0.6) is 0 Å². The van der Waals surface area contributed by atoms with Crippen LogP contribution in [-0.4, -0.2) is 47.4 Å². The number of hydrogen-bond donors (Lipinski definition) is 3. The molecule has 76 heavy (non-hydrogen) atoms. The van der Waals surface area contributed by atoms with Gasteiger partial charge in [-0.2, -0.15) is 0 Å². The molecule has 0 aromatic heterocycles. The summed E-state index contributed by atoms with van der Waals surface area (Å²) in [5.74, 6) is -0.0523. The van der Waals surface area contributed by atoms with Gasteiger partial charge in [-0.3, -0.25) is 9.59 Å². The van der Waals surface area contributed by atoms with Crippen molar-refractivity contribution >= 4 is 11.9 Å². The van der Waals surface area contributed by atoms with E-state index in [0.717, 1.165) is 38.5 Å². The molecular formula is C70H137NO5. The molecule has 0 heterocycles. The third-order valence-corrected chi connectivity index (χ3v) is 16.6. The van der Waals surface area contributed by atoms with E-state index in [1.165, 1.54) is 334 Å². The molecule has 3 N–H and O–H groups in total. The lowest BCUT2D eigenvalue weighted by Crippen LogP contribution is -2.45. The van der Waals surface area contributed by atoms with Crippen molar-refractivity contribution in [2.75, 3.05) is 13.2 Å². The van der Waals surface area contributed by atoms with E-state index in [1.807, 2.05) is 6.08 Å². The van der Waals surface area contributed by atoms with Crippen molar-refractivity contribution in [2.45, 2.75) is 411 Å². The van der Waals surface area contributed by atoms with Gasteiger partial charge in [0.25, 0.3) is 0 Å². The van der Waals surface area contributed by atoms with Crippen molar-refractivity contribution < 1.29 is 24.5 Å². The van der Waals surface area contributed by atoms with Crippen molar-refractivity contribution in [2.24, 2.45) is 0 Å². The van der Waals surface area contributed by atoms with Crippen LogP contribution in [0, 0.1) is 0 Å². The van der Waals surface area contributed by atoms with E-state index in [0.29, 0.717) is 19.4 Å². The molecule has 452 valence electrons. The van der Waals surface area contributed by atoms with Gasteiger partial charge in [0.2, 0.25) is 5.91 Å². The summed E-state index contributed by atoms with van der Waals surface area (Å²) in [5.41, 5.74) is 0. The molecule has 0 saturated heterocycles. The quantitative estimate of drug-likeness (QED) is 0.0320. The number of ether oxygens (including phenoxy) is 1. The molecule has 0 aromatic rings. The van der Waals surface area contributed by atoms with Crippen LogP contribution >= 0.6 is 0 Å². The zero-order chi connectivity index (χ0) is 55.0. The van der Waals surface area contributed by atoms with E-state index in [-0.39, 0.29) is 18.5 Å². The van der Waals surface area contributed by atoms with Crippen LogP contribution < -0.4 is 5.32 Å². The average molecular weight is 1070 g/mol. The molecular weight excluding hydrogens is 935 g/mol. The van der Waals surface area contributed by atoms with E-state index in [2.05, 4.69) is 19.2 Å². The number of unbranched alkanes of at least 4 members (excludes halogenated alkanes) is 55. The standard InChI is InChI=1S/C70H137NO5/c1-3-5-7-9-11-13-15-17-19-21-22-23-24-25-27-31-34-38-42-46-50-54-58-62-68(73)67(66-72)71-69(74)63-59-55-51-47-43-39-35-32-28-26-29-33-37-41-45-49-53-57-61-65-76-70(75)64-60-56-52-48-44-40-36-30-20-18-16-14-12-10-8-6-4-2/h58,62,67-68,72-73H,3-57,59-61,63-66H2,1-2H3,(H,71,74)/b62-58+. The van der Waals surface area contributed by atoms with Gasteiger partial charge in [0.15, 0.2) is 0 Å². The van der Waals surface area contributed by atoms with Crippen LogP contribution in [0.3, 0.4) is 0 Å². The number of aliphatic hydroxyl groups excluding tert-OH is 2. The maximum atomic E-state index is 12.5. The molecule has 0 spiro atoms. The van der Waals surface area contributed by atoms with Crippen molar-refractivity contribution in [1.29, 1.82) is 0 Å². The van der Waals surface area contributed by atoms with Crippen LogP contribution in [0.25, 0.3) is 0 Å². The molecule has 0 saturated carbocycles. The maximum Gasteiger partial charge on any atom is 0.305 e. The van der Waals surface area contributed by atoms with Crippen molar-refractivity contribution in [3.63, 3.8) is 0 Å². The first kappa shape index (κ1) is 74.6. The van der Waals surface area contributed by atoms with Crippen LogP contribution in [0.1, 0.15) is 399 Å². The minimum atomic E-state index is -0.847. The SMILES string of the molecule is CCCCCCCCCCCCCCCCCCCCCCC/C=C/C(O)C(CO)NC(=O)CCCCCCCCCCCCCCCCCCCCCOC(=O)CCCCCCCCCCCCCCCCCCC. The van der Waals surface area contributed by atoms with Gasteiger partial charge in [0.1, 0.15) is 0 Å². The molecule has 0 aromatic carbocycles. The van der Waals surface area contributed by atoms with E-state index < -0.39 is 12.1 Å². The Morgan fingerprint density at radius 1 is 0.355 bits per heavy atom. The van der Waals surface area contributed by atoms with Crippen LogP contribution in [0.4, 0.5) is 0 Å². The Morgan fingerprint density at radius 2 is 0.605 bits per heavy atom. The lowest BCUT2D eigenvalue weighted by Gasteiger charge is -2.20. The predicted molar refractivity (Wildman–Crippen MR) is 333 cm³/mol. The van der Waals surface area contributed by atoms with E-state index in [4.69, 9.17) is 4.74 Å². The summed E-state index contributed by atoms with van der Waals surface area (Å²) in [6, 6.07) is -0.631. The molecule has 2 atom stereocenters. The van der Waals surface area contributed by atoms with Gasteiger partial charge in [0, 0.05) is 12.8 Å². The number of carbonyl (C=O) groups excluding carboxylic acids is 2. The second-order valence-electron chi connectivity index (χ2n) is 24.2. The number of carbonyl (C=O) groups is 2. The maximum absolute atomic E-state index is 12.5. The van der Waals surface area contributed by atoms with Crippen molar-refractivity contribution in [3.05, 3.63) is 12.2 Å². The minimum absolute atomic E-state index is 0.0136. The zero-order valence-corrected chi connectivity index (χ0v) is 51.8. The first-order valence-electron chi connectivity index (χ1n) is 35.0. The number of aliphatic hydroxyl groups is 2. The number of nitrogens with one attached hydrogen (secondary N) is 1. The Morgan fingerprint density at radius 3 is 0.895 bits per heavy atom. The predicted octanol–water partition coefficient (Wildman–Crippen LogP) is 22.4. The van der Waals surface area contributed by atoms with Gasteiger partial charge in [-0.05, 0) is 32.1 Å². The summed E-state index contributed by atoms with van der Waals surface area (Å²) in [7, 11) is 0. The Kier molecular flexibility index (Phi) is 64.9. The summed E-state index contributed by atoms with van der Waals surface area (Å²) in [5, 5.41) is 23.3. The summed E-state index contributed by atoms with van der Waals surface area (Å²) >= 11 is 0. The smallest absolute Gasteiger partial charge is 0.305 e. The number of amides is 1. The summed E-state index contributed by atoms with van der Waals surface area (Å²) < 4.78 is 5.50. The molecule has 1 amide bonds. The van der Waals surface area contributed by atoms with Crippen LogP contribution in [0.15, 0.2) is 12.2 Å². The monoisotopic (exact) mass is 1070 g/mol. The molecule has 0 fully saturated rings. The lowest BCUT2D eigenvalue weighted by atomic mass is 10.0. The number of rotatable bonds is 66. The highest BCUT2D eigenvalue weighted by Crippen LogP contribution is 2.19. The molecule has 6 heteroatoms. The van der Waals surface area contributed by atoms with Gasteiger partial charge in [-0.15, -0.1) is 0 Å². The molecule has 0 aliphatic heterocycles. The minimum Gasteiger partial charge on any atom is -0.466 e. The molecule has 6 nitrogen and oxygen atoms in total. The second kappa shape index (κ2) is 66.1. The van der Waals surface area contributed by atoms with Gasteiger partial charge in [-0.1, -0.05) is 366 Å². The molecule has 0 aliphatic rings. The van der Waals surface area contributed by atoms with Gasteiger partial charge >= 0.3 is 5.97 Å². The highest BCUT2D eigenvalue weighted by atomic mass is 16.5. The Hall–Kier alpha value is -1.40. The summed E-state index contributed by atoms with van der Waals surface area (Å²) in [6.45, 7) is 4.95. The van der Waals surface area contributed by atoms with Gasteiger partial charge < -0.3 is 20.3 Å². The Labute approximate surface area is 476 Å². The fourth-order valence-electron chi connectivity index (χ4n) is 11.2. The first-order chi connectivity index (χ1) is 37.5. The third kappa shape index (κ3) is 61.8. The first-order valence-corrected chi connectivity index (χ1v) is 35.0. The molecule has 0 radical (unpaired) electrons. The highest BCUT2D eigenvalue weighted by molar-refractivity contribution is 5.76. The zero-order valence-electron chi connectivity index (χ0n) is 51.8. The largest absolute Gasteiger partial charge is 0.466 e. The Bertz CT molecular complexity index is 1140. The summed E-state index contributed by atoms with van der Waals surface area (Å²) in [6.07, 6.45) is 81.3. The van der Waals surface area contributed by atoms with E-state index in [9.17, 15) is 19.8 Å². The van der Waals surface area contributed by atoms with Gasteiger partial charge in [0.05, 0.1) is 25.4 Å². The fraction of sp³-hybridized carbons (Fsp3) is 0.943.